The van der Waals surface area contributed by atoms with Gasteiger partial charge in [0.2, 0.25) is 5.43 Å². The first-order valence-corrected chi connectivity index (χ1v) is 4.42. The molecular weight excluding hydrogens is 174 g/mol. The summed E-state index contributed by atoms with van der Waals surface area (Å²) in [7, 11) is 0. The van der Waals surface area contributed by atoms with Crippen LogP contribution < -0.4 is 16.6 Å². The summed E-state index contributed by atoms with van der Waals surface area (Å²) in [6.45, 7) is 5.90. The van der Waals surface area contributed by atoms with Gasteiger partial charge in [-0.15, -0.1) is 11.8 Å². The Hall–Kier alpha value is -0.770. The normalized spacial score (nSPS) is 12.2. The minimum absolute atomic E-state index is 0.0731. The molecule has 0 aliphatic heterocycles. The van der Waals surface area contributed by atoms with E-state index in [1.807, 2.05) is 20.8 Å². The average molecular weight is 185 g/mol. The molecule has 0 aliphatic rings. The molecule has 0 fully saturated rings. The molecule has 0 bridgehead atoms. The molecule has 0 amide bonds. The highest BCUT2D eigenvalue weighted by Crippen LogP contribution is 2.32. The molecular formula is C8H11NO2S. The summed E-state index contributed by atoms with van der Waals surface area (Å²) in [5.74, 6) is 0. The van der Waals surface area contributed by atoms with Gasteiger partial charge in [-0.1, -0.05) is 20.8 Å². The van der Waals surface area contributed by atoms with Crippen LogP contribution in [0.3, 0.4) is 0 Å². The van der Waals surface area contributed by atoms with E-state index in [0.717, 1.165) is 0 Å². The number of anilines is 1. The van der Waals surface area contributed by atoms with Crippen LogP contribution >= 0.6 is 11.8 Å². The lowest BCUT2D eigenvalue weighted by molar-refractivity contribution is 0.801. The maximum absolute atomic E-state index is 10.9. The van der Waals surface area contributed by atoms with E-state index in [1.54, 1.807) is 0 Å². The van der Waals surface area contributed by atoms with Gasteiger partial charge in [0.05, 0.1) is 4.90 Å². The van der Waals surface area contributed by atoms with E-state index in [-0.39, 0.29) is 10.4 Å². The second-order valence-electron chi connectivity index (χ2n) is 3.62. The molecule has 66 valence electrons. The van der Waals surface area contributed by atoms with Crippen molar-refractivity contribution in [2.24, 2.45) is 0 Å². The molecule has 0 unspecified atom stereocenters. The molecule has 2 N–H and O–H groups in total. The fourth-order valence-corrected chi connectivity index (χ4v) is 1.80. The maximum atomic E-state index is 10.9. The van der Waals surface area contributed by atoms with Crippen molar-refractivity contribution >= 4 is 17.4 Å². The number of nitrogen functional groups attached to an aromatic ring is 1. The molecule has 0 saturated heterocycles. The molecule has 3 nitrogen and oxygen atoms in total. The molecule has 0 heterocycles. The fraction of sp³-hybridized carbons (Fsp3) is 0.500. The van der Waals surface area contributed by atoms with Crippen LogP contribution in [0.1, 0.15) is 20.8 Å². The van der Waals surface area contributed by atoms with E-state index in [4.69, 9.17) is 5.73 Å². The van der Waals surface area contributed by atoms with Crippen LogP contribution in [0.5, 0.6) is 0 Å². The van der Waals surface area contributed by atoms with Gasteiger partial charge in [-0.3, -0.25) is 9.59 Å². The molecule has 12 heavy (non-hydrogen) atoms. The lowest BCUT2D eigenvalue weighted by Gasteiger charge is -2.18. The zero-order valence-electron chi connectivity index (χ0n) is 7.30. The third-order valence-corrected chi connectivity index (χ3v) is 2.53. The van der Waals surface area contributed by atoms with Crippen molar-refractivity contribution in [1.29, 1.82) is 0 Å². The minimum Gasteiger partial charge on any atom is -0.394 e. The summed E-state index contributed by atoms with van der Waals surface area (Å²) in [5.41, 5.74) is 4.50. The Bertz CT molecular complexity index is 369. The monoisotopic (exact) mass is 185 g/mol. The van der Waals surface area contributed by atoms with Crippen LogP contribution in [0.15, 0.2) is 14.5 Å². The van der Waals surface area contributed by atoms with Gasteiger partial charge in [0.1, 0.15) is 5.69 Å². The first kappa shape index (κ1) is 9.32. The summed E-state index contributed by atoms with van der Waals surface area (Å²) in [5, 5.41) is 0. The zero-order chi connectivity index (χ0) is 9.52. The molecule has 0 radical (unpaired) electrons. The maximum Gasteiger partial charge on any atom is 0.251 e. The second-order valence-corrected chi connectivity index (χ2v) is 5.45. The van der Waals surface area contributed by atoms with Gasteiger partial charge in [0.25, 0.3) is 5.43 Å². The highest BCUT2D eigenvalue weighted by Gasteiger charge is 2.23. The summed E-state index contributed by atoms with van der Waals surface area (Å²) in [6.07, 6.45) is 0. The predicted molar refractivity (Wildman–Crippen MR) is 51.4 cm³/mol. The Morgan fingerprint density at radius 2 is 1.67 bits per heavy atom. The van der Waals surface area contributed by atoms with Crippen LogP contribution in [0.2, 0.25) is 0 Å². The second kappa shape index (κ2) is 2.62. The fourth-order valence-electron chi connectivity index (χ4n) is 0.796. The molecule has 0 saturated carbocycles. The van der Waals surface area contributed by atoms with Crippen LogP contribution in [0.4, 0.5) is 5.69 Å². The molecule has 0 atom stereocenters. The van der Waals surface area contributed by atoms with Crippen molar-refractivity contribution in [2.45, 2.75) is 30.4 Å². The first-order chi connectivity index (χ1) is 5.33. The summed E-state index contributed by atoms with van der Waals surface area (Å²) >= 11 is 1.35. The highest BCUT2D eigenvalue weighted by atomic mass is 32.2. The quantitative estimate of drug-likeness (QED) is 0.518. The van der Waals surface area contributed by atoms with Crippen molar-refractivity contribution < 1.29 is 0 Å². The third-order valence-electron chi connectivity index (χ3n) is 1.31. The Balaban J connectivity index is 2.95. The van der Waals surface area contributed by atoms with Crippen molar-refractivity contribution in [3.05, 3.63) is 20.4 Å². The Labute approximate surface area is 74.7 Å². The van der Waals surface area contributed by atoms with Crippen molar-refractivity contribution in [2.75, 3.05) is 5.73 Å². The SMILES string of the molecule is CC(C)(C)Sc1c(N)c(=O)c1=O. The van der Waals surface area contributed by atoms with Gasteiger partial charge in [-0.05, 0) is 0 Å². The minimum atomic E-state index is -0.540. The van der Waals surface area contributed by atoms with Gasteiger partial charge in [0, 0.05) is 4.75 Å². The van der Waals surface area contributed by atoms with Gasteiger partial charge in [-0.2, -0.15) is 0 Å². The van der Waals surface area contributed by atoms with Gasteiger partial charge in [-0.25, -0.2) is 0 Å². The predicted octanol–water partition coefficient (Wildman–Crippen LogP) is 0.755. The molecule has 1 aromatic carbocycles. The lowest BCUT2D eigenvalue weighted by Crippen LogP contribution is -2.36. The number of rotatable bonds is 1. The number of thioether (sulfide) groups is 1. The zero-order valence-corrected chi connectivity index (χ0v) is 8.12. The summed E-state index contributed by atoms with van der Waals surface area (Å²) in [4.78, 5) is 22.1. The molecule has 0 aliphatic carbocycles. The highest BCUT2D eigenvalue weighted by molar-refractivity contribution is 8.00. The average Bonchev–Trinajstić information content (AvgIpc) is 1.96. The molecule has 0 aromatic heterocycles. The topological polar surface area (TPSA) is 60.2 Å². The number of nitrogens with two attached hydrogens (primary N) is 1. The van der Waals surface area contributed by atoms with Gasteiger partial charge < -0.3 is 5.73 Å². The van der Waals surface area contributed by atoms with Gasteiger partial charge in [0.15, 0.2) is 0 Å². The van der Waals surface area contributed by atoms with Crippen LogP contribution in [-0.2, 0) is 0 Å². The largest absolute Gasteiger partial charge is 0.394 e. The van der Waals surface area contributed by atoms with E-state index in [1.165, 1.54) is 11.8 Å². The van der Waals surface area contributed by atoms with E-state index in [9.17, 15) is 9.59 Å². The van der Waals surface area contributed by atoms with E-state index >= 15 is 0 Å². The van der Waals surface area contributed by atoms with Crippen molar-refractivity contribution in [1.82, 2.24) is 0 Å². The molecule has 4 heteroatoms. The van der Waals surface area contributed by atoms with Crippen LogP contribution in [0, 0.1) is 0 Å². The smallest absolute Gasteiger partial charge is 0.251 e. The van der Waals surface area contributed by atoms with Crippen molar-refractivity contribution in [3.63, 3.8) is 0 Å². The van der Waals surface area contributed by atoms with Crippen LogP contribution in [-0.4, -0.2) is 4.75 Å². The van der Waals surface area contributed by atoms with Crippen LogP contribution in [0.25, 0.3) is 0 Å². The number of hydrogen-bond acceptors (Lipinski definition) is 4. The summed E-state index contributed by atoms with van der Waals surface area (Å²) in [6, 6.07) is 0. The van der Waals surface area contributed by atoms with E-state index in [2.05, 4.69) is 0 Å². The molecule has 1 aromatic rings. The Kier molecular flexibility index (Phi) is 2.04. The Morgan fingerprint density at radius 3 is 2.00 bits per heavy atom. The standard InChI is InChI=1S/C8H11NO2S/c1-8(2,3)12-7-4(9)5(10)6(7)11/h9H2,1-3H3. The molecule has 0 spiro atoms. The first-order valence-electron chi connectivity index (χ1n) is 3.61. The van der Waals surface area contributed by atoms with Gasteiger partial charge >= 0.3 is 0 Å². The lowest BCUT2D eigenvalue weighted by atomic mass is 10.2. The Morgan fingerprint density at radius 1 is 1.17 bits per heavy atom. The van der Waals surface area contributed by atoms with E-state index < -0.39 is 10.9 Å². The number of hydrogen-bond donors (Lipinski definition) is 1. The molecule has 1 rings (SSSR count). The summed E-state index contributed by atoms with van der Waals surface area (Å²) < 4.78 is -0.0731. The third kappa shape index (κ3) is 1.53. The van der Waals surface area contributed by atoms with Crippen molar-refractivity contribution in [3.8, 4) is 0 Å². The van der Waals surface area contributed by atoms with E-state index in [0.29, 0.717) is 4.90 Å².